The van der Waals surface area contributed by atoms with Crippen molar-refractivity contribution in [2.24, 2.45) is 5.92 Å². The van der Waals surface area contributed by atoms with Gasteiger partial charge < -0.3 is 15.8 Å². The van der Waals surface area contributed by atoms with Crippen LogP contribution in [0.5, 0.6) is 0 Å². The summed E-state index contributed by atoms with van der Waals surface area (Å²) in [7, 11) is 0. The molecular weight excluding hydrogens is 402 g/mol. The number of aliphatic carboxylic acids is 1. The van der Waals surface area contributed by atoms with Crippen molar-refractivity contribution in [1.29, 1.82) is 0 Å². The van der Waals surface area contributed by atoms with Crippen LogP contribution >= 0.6 is 0 Å². The van der Waals surface area contributed by atoms with Crippen molar-refractivity contribution in [2.45, 2.75) is 32.7 Å². The number of carbonyl (C=O) groups excluding carboxylic acids is 1. The molecule has 2 aromatic carbocycles. The molecule has 0 saturated heterocycles. The van der Waals surface area contributed by atoms with Crippen molar-refractivity contribution in [3.05, 3.63) is 95.7 Å². The number of hydrogen-bond acceptors (Lipinski definition) is 4. The van der Waals surface area contributed by atoms with Gasteiger partial charge in [0.15, 0.2) is 0 Å². The SMILES string of the molecule is CC(C)C(NNC1=CC=C(c2ccc(CC(=O)Nc3ccccc3)cc2)CC=C1)C(=O)O. The summed E-state index contributed by atoms with van der Waals surface area (Å²) in [5.41, 5.74) is 10.6. The molecule has 2 aromatic rings. The van der Waals surface area contributed by atoms with Gasteiger partial charge in [0.2, 0.25) is 5.91 Å². The highest BCUT2D eigenvalue weighted by molar-refractivity contribution is 5.92. The number of hydrogen-bond donors (Lipinski definition) is 4. The van der Waals surface area contributed by atoms with Crippen LogP contribution in [0.1, 0.15) is 31.4 Å². The number of allylic oxidation sites excluding steroid dienone is 5. The molecule has 0 radical (unpaired) electrons. The lowest BCUT2D eigenvalue weighted by atomic mass is 10.0. The van der Waals surface area contributed by atoms with Gasteiger partial charge in [0, 0.05) is 11.4 Å². The summed E-state index contributed by atoms with van der Waals surface area (Å²) in [6.45, 7) is 3.72. The van der Waals surface area contributed by atoms with E-state index in [0.29, 0.717) is 6.42 Å². The van der Waals surface area contributed by atoms with Crippen LogP contribution in [0.4, 0.5) is 5.69 Å². The van der Waals surface area contributed by atoms with Crippen molar-refractivity contribution in [3.8, 4) is 0 Å². The third kappa shape index (κ3) is 6.68. The summed E-state index contributed by atoms with van der Waals surface area (Å²) < 4.78 is 0. The van der Waals surface area contributed by atoms with Gasteiger partial charge >= 0.3 is 5.97 Å². The average molecular weight is 432 g/mol. The molecule has 0 bridgehead atoms. The first-order valence-electron chi connectivity index (χ1n) is 10.7. The fourth-order valence-electron chi connectivity index (χ4n) is 3.35. The smallest absolute Gasteiger partial charge is 0.322 e. The minimum atomic E-state index is -0.889. The highest BCUT2D eigenvalue weighted by atomic mass is 16.4. The number of para-hydroxylation sites is 1. The van der Waals surface area contributed by atoms with Crippen LogP contribution in [0.2, 0.25) is 0 Å². The zero-order valence-electron chi connectivity index (χ0n) is 18.3. The van der Waals surface area contributed by atoms with E-state index in [1.165, 1.54) is 0 Å². The van der Waals surface area contributed by atoms with Crippen LogP contribution in [-0.2, 0) is 16.0 Å². The average Bonchev–Trinajstić information content (AvgIpc) is 3.00. The molecule has 0 fully saturated rings. The molecule has 166 valence electrons. The van der Waals surface area contributed by atoms with Gasteiger partial charge in [-0.1, -0.05) is 68.5 Å². The van der Waals surface area contributed by atoms with Gasteiger partial charge in [-0.3, -0.25) is 9.59 Å². The van der Waals surface area contributed by atoms with Gasteiger partial charge in [-0.05, 0) is 53.3 Å². The number of hydrazine groups is 1. The standard InChI is InChI=1S/C26H29N3O3/c1-18(2)25(26(31)32)29-28-23-10-6-7-20(15-16-23)21-13-11-19(12-14-21)17-24(30)27-22-8-4-3-5-9-22/h3-6,8-16,18,25,28-29H,7,17H2,1-2H3,(H,27,30)(H,31,32). The number of anilines is 1. The molecule has 6 heteroatoms. The topological polar surface area (TPSA) is 90.5 Å². The maximum absolute atomic E-state index is 12.3. The highest BCUT2D eigenvalue weighted by Crippen LogP contribution is 2.22. The predicted molar refractivity (Wildman–Crippen MR) is 128 cm³/mol. The normalized spacial score (nSPS) is 14.2. The third-order valence-corrected chi connectivity index (χ3v) is 5.15. The maximum atomic E-state index is 12.3. The van der Waals surface area contributed by atoms with Crippen LogP contribution in [0.3, 0.4) is 0 Å². The molecule has 4 N–H and O–H groups in total. The molecule has 6 nitrogen and oxygen atoms in total. The zero-order chi connectivity index (χ0) is 22.9. The second kappa shape index (κ2) is 11.1. The minimum Gasteiger partial charge on any atom is -0.480 e. The van der Waals surface area contributed by atoms with E-state index < -0.39 is 12.0 Å². The van der Waals surface area contributed by atoms with Gasteiger partial charge in [0.1, 0.15) is 6.04 Å². The van der Waals surface area contributed by atoms with Crippen LogP contribution < -0.4 is 16.2 Å². The Hall–Kier alpha value is -3.64. The van der Waals surface area contributed by atoms with Crippen LogP contribution in [0, 0.1) is 5.92 Å². The molecule has 1 unspecified atom stereocenters. The molecule has 1 aliphatic rings. The summed E-state index contributed by atoms with van der Waals surface area (Å²) in [5, 5.41) is 12.2. The Labute approximate surface area is 188 Å². The predicted octanol–water partition coefficient (Wildman–Crippen LogP) is 4.30. The second-order valence-electron chi connectivity index (χ2n) is 8.04. The Bertz CT molecular complexity index is 1020. The molecule has 3 rings (SSSR count). The van der Waals surface area contributed by atoms with Gasteiger partial charge in [0.25, 0.3) is 0 Å². The highest BCUT2D eigenvalue weighted by Gasteiger charge is 2.20. The largest absolute Gasteiger partial charge is 0.480 e. The molecule has 1 amide bonds. The Morgan fingerprint density at radius 3 is 2.38 bits per heavy atom. The quantitative estimate of drug-likeness (QED) is 0.445. The number of nitrogens with one attached hydrogen (secondary N) is 3. The number of carboxylic acids is 1. The molecule has 32 heavy (non-hydrogen) atoms. The van der Waals surface area contributed by atoms with E-state index in [2.05, 4.69) is 16.2 Å². The molecule has 1 aliphatic carbocycles. The molecule has 1 atom stereocenters. The number of carboxylic acid groups (broad SMARTS) is 1. The van der Waals surface area contributed by atoms with Gasteiger partial charge in [0.05, 0.1) is 6.42 Å². The summed E-state index contributed by atoms with van der Waals surface area (Å²) in [6, 6.07) is 16.7. The Morgan fingerprint density at radius 1 is 1.00 bits per heavy atom. The van der Waals surface area contributed by atoms with Gasteiger partial charge in [-0.15, -0.1) is 0 Å². The first-order valence-corrected chi connectivity index (χ1v) is 10.7. The van der Waals surface area contributed by atoms with Crippen molar-refractivity contribution in [1.82, 2.24) is 10.9 Å². The van der Waals surface area contributed by atoms with Crippen molar-refractivity contribution in [3.63, 3.8) is 0 Å². The van der Waals surface area contributed by atoms with Crippen LogP contribution in [0.25, 0.3) is 5.57 Å². The Morgan fingerprint density at radius 2 is 1.72 bits per heavy atom. The van der Waals surface area contributed by atoms with Crippen molar-refractivity contribution < 1.29 is 14.7 Å². The molecule has 0 aliphatic heterocycles. The molecule has 0 spiro atoms. The summed E-state index contributed by atoms with van der Waals surface area (Å²) in [6.07, 6.45) is 8.97. The zero-order valence-corrected chi connectivity index (χ0v) is 18.3. The number of carbonyl (C=O) groups is 2. The maximum Gasteiger partial charge on any atom is 0.322 e. The van der Waals surface area contributed by atoms with E-state index in [-0.39, 0.29) is 11.8 Å². The Kier molecular flexibility index (Phi) is 8.00. The van der Waals surface area contributed by atoms with Crippen LogP contribution in [0.15, 0.2) is 84.6 Å². The second-order valence-corrected chi connectivity index (χ2v) is 8.04. The van der Waals surface area contributed by atoms with E-state index in [9.17, 15) is 14.7 Å². The molecule has 0 aromatic heterocycles. The summed E-state index contributed by atoms with van der Waals surface area (Å²) in [4.78, 5) is 23.6. The molecule has 0 heterocycles. The first-order chi connectivity index (χ1) is 15.4. The van der Waals surface area contributed by atoms with E-state index in [4.69, 9.17) is 0 Å². The fraction of sp³-hybridized carbons (Fsp3) is 0.231. The lowest BCUT2D eigenvalue weighted by Gasteiger charge is -2.19. The number of rotatable bonds is 9. The van der Waals surface area contributed by atoms with E-state index in [1.54, 1.807) is 0 Å². The lowest BCUT2D eigenvalue weighted by Crippen LogP contribution is -2.47. The molecular formula is C26H29N3O3. The number of benzene rings is 2. The number of amides is 1. The minimum absolute atomic E-state index is 0.0465. The fourth-order valence-corrected chi connectivity index (χ4v) is 3.35. The van der Waals surface area contributed by atoms with Gasteiger partial charge in [-0.2, -0.15) is 0 Å². The first kappa shape index (κ1) is 23.0. The summed E-state index contributed by atoms with van der Waals surface area (Å²) >= 11 is 0. The van der Waals surface area contributed by atoms with Gasteiger partial charge in [-0.25, -0.2) is 5.43 Å². The van der Waals surface area contributed by atoms with E-state index in [0.717, 1.165) is 34.5 Å². The van der Waals surface area contributed by atoms with E-state index in [1.807, 2.05) is 92.7 Å². The summed E-state index contributed by atoms with van der Waals surface area (Å²) in [5.74, 6) is -0.984. The Balaban J connectivity index is 1.60. The van der Waals surface area contributed by atoms with E-state index >= 15 is 0 Å². The molecule has 0 saturated carbocycles. The lowest BCUT2D eigenvalue weighted by molar-refractivity contribution is -0.140. The van der Waals surface area contributed by atoms with Crippen LogP contribution in [-0.4, -0.2) is 23.0 Å². The monoisotopic (exact) mass is 431 g/mol. The van der Waals surface area contributed by atoms with Crippen molar-refractivity contribution >= 4 is 23.1 Å². The van der Waals surface area contributed by atoms with Crippen molar-refractivity contribution in [2.75, 3.05) is 5.32 Å². The third-order valence-electron chi connectivity index (χ3n) is 5.15.